The minimum atomic E-state index is -0.146. The summed E-state index contributed by atoms with van der Waals surface area (Å²) in [5, 5.41) is 0. The van der Waals surface area contributed by atoms with E-state index in [1.807, 2.05) is 0 Å². The Balaban J connectivity index is 0.00000128. The van der Waals surface area contributed by atoms with E-state index in [4.69, 9.17) is 5.73 Å². The maximum atomic E-state index is 12.0. The van der Waals surface area contributed by atoms with Crippen LogP contribution in [0.25, 0.3) is 0 Å². The van der Waals surface area contributed by atoms with E-state index in [2.05, 4.69) is 0 Å². The summed E-state index contributed by atoms with van der Waals surface area (Å²) in [6.07, 6.45) is 1.24. The molecule has 6 heteroatoms. The van der Waals surface area contributed by atoms with Crippen molar-refractivity contribution in [1.29, 1.82) is 0 Å². The number of nitrogens with two attached hydrogens (primary N) is 1. The summed E-state index contributed by atoms with van der Waals surface area (Å²) < 4.78 is 0. The van der Waals surface area contributed by atoms with Gasteiger partial charge in [0.25, 0.3) is 0 Å². The SMILES string of the molecule is CN1CC(C(=O)N2CC[C@H](N)C2)CC1=O.Cl. The van der Waals surface area contributed by atoms with Gasteiger partial charge in [-0.05, 0) is 6.42 Å². The molecule has 2 amide bonds. The minimum absolute atomic E-state index is 0. The first-order valence-electron chi connectivity index (χ1n) is 5.36. The van der Waals surface area contributed by atoms with Gasteiger partial charge in [0.2, 0.25) is 11.8 Å². The highest BCUT2D eigenvalue weighted by molar-refractivity contribution is 5.89. The number of carbonyl (C=O) groups excluding carboxylic acids is 2. The third-order valence-electron chi connectivity index (χ3n) is 3.23. The van der Waals surface area contributed by atoms with Crippen molar-refractivity contribution in [2.75, 3.05) is 26.7 Å². The molecule has 16 heavy (non-hydrogen) atoms. The van der Waals surface area contributed by atoms with E-state index in [0.717, 1.165) is 13.0 Å². The minimum Gasteiger partial charge on any atom is -0.345 e. The van der Waals surface area contributed by atoms with Crippen LogP contribution in [-0.2, 0) is 9.59 Å². The van der Waals surface area contributed by atoms with Gasteiger partial charge in [-0.2, -0.15) is 0 Å². The van der Waals surface area contributed by atoms with Gasteiger partial charge in [0.05, 0.1) is 5.92 Å². The molecule has 2 fully saturated rings. The first-order chi connectivity index (χ1) is 7.08. The van der Waals surface area contributed by atoms with Crippen molar-refractivity contribution >= 4 is 24.2 Å². The van der Waals surface area contributed by atoms with Crippen LogP contribution in [0.3, 0.4) is 0 Å². The van der Waals surface area contributed by atoms with Gasteiger partial charge < -0.3 is 15.5 Å². The first kappa shape index (κ1) is 13.3. The summed E-state index contributed by atoms with van der Waals surface area (Å²) in [6, 6.07) is 0.115. The Morgan fingerprint density at radius 2 is 2.12 bits per heavy atom. The third-order valence-corrected chi connectivity index (χ3v) is 3.23. The zero-order chi connectivity index (χ0) is 11.0. The number of hydrogen-bond donors (Lipinski definition) is 1. The monoisotopic (exact) mass is 247 g/mol. The molecule has 0 aromatic heterocycles. The van der Waals surface area contributed by atoms with Crippen molar-refractivity contribution in [2.45, 2.75) is 18.9 Å². The summed E-state index contributed by atoms with van der Waals surface area (Å²) in [4.78, 5) is 26.7. The Kier molecular flexibility index (Phi) is 4.15. The fraction of sp³-hybridized carbons (Fsp3) is 0.800. The van der Waals surface area contributed by atoms with E-state index in [1.54, 1.807) is 16.8 Å². The largest absolute Gasteiger partial charge is 0.345 e. The van der Waals surface area contributed by atoms with Gasteiger partial charge in [-0.3, -0.25) is 9.59 Å². The molecule has 0 saturated carbocycles. The molecular weight excluding hydrogens is 230 g/mol. The molecule has 0 bridgehead atoms. The van der Waals surface area contributed by atoms with Crippen LogP contribution < -0.4 is 5.73 Å². The van der Waals surface area contributed by atoms with Gasteiger partial charge in [-0.1, -0.05) is 0 Å². The molecule has 2 rings (SSSR count). The Labute approximate surface area is 101 Å². The maximum absolute atomic E-state index is 12.0. The molecule has 0 aromatic rings. The second kappa shape index (κ2) is 5.01. The van der Waals surface area contributed by atoms with Crippen LogP contribution in [0.2, 0.25) is 0 Å². The van der Waals surface area contributed by atoms with Gasteiger partial charge in [0.15, 0.2) is 0 Å². The Bertz CT molecular complexity index is 298. The third kappa shape index (κ3) is 2.47. The lowest BCUT2D eigenvalue weighted by Gasteiger charge is -2.19. The molecular formula is C10H18ClN3O2. The lowest BCUT2D eigenvalue weighted by Crippen LogP contribution is -2.37. The van der Waals surface area contributed by atoms with Gasteiger partial charge >= 0.3 is 0 Å². The van der Waals surface area contributed by atoms with Gasteiger partial charge in [-0.15, -0.1) is 12.4 Å². The second-order valence-electron chi connectivity index (χ2n) is 4.51. The molecule has 2 aliphatic rings. The number of halogens is 1. The zero-order valence-electron chi connectivity index (χ0n) is 9.39. The number of rotatable bonds is 1. The van der Waals surface area contributed by atoms with Crippen LogP contribution in [0.4, 0.5) is 0 Å². The van der Waals surface area contributed by atoms with Crippen molar-refractivity contribution in [3.05, 3.63) is 0 Å². The second-order valence-corrected chi connectivity index (χ2v) is 4.51. The average molecular weight is 248 g/mol. The summed E-state index contributed by atoms with van der Waals surface area (Å²) in [6.45, 7) is 1.95. The lowest BCUT2D eigenvalue weighted by atomic mass is 10.1. The predicted octanol–water partition coefficient (Wildman–Crippen LogP) is -0.554. The molecule has 0 aliphatic carbocycles. The maximum Gasteiger partial charge on any atom is 0.228 e. The van der Waals surface area contributed by atoms with Crippen molar-refractivity contribution in [2.24, 2.45) is 11.7 Å². The topological polar surface area (TPSA) is 66.6 Å². The molecule has 2 saturated heterocycles. The molecule has 0 radical (unpaired) electrons. The number of hydrogen-bond acceptors (Lipinski definition) is 3. The van der Waals surface area contributed by atoms with Crippen LogP contribution in [0, 0.1) is 5.92 Å². The van der Waals surface area contributed by atoms with E-state index in [9.17, 15) is 9.59 Å². The molecule has 0 spiro atoms. The molecule has 2 heterocycles. The van der Waals surface area contributed by atoms with Crippen LogP contribution in [0.1, 0.15) is 12.8 Å². The number of nitrogens with zero attached hydrogens (tertiary/aromatic N) is 2. The Morgan fingerprint density at radius 1 is 1.44 bits per heavy atom. The predicted molar refractivity (Wildman–Crippen MR) is 62.2 cm³/mol. The first-order valence-corrected chi connectivity index (χ1v) is 5.36. The molecule has 2 N–H and O–H groups in total. The normalized spacial score (nSPS) is 29.5. The molecule has 1 unspecified atom stereocenters. The van der Waals surface area contributed by atoms with Crippen molar-refractivity contribution in [1.82, 2.24) is 9.80 Å². The van der Waals surface area contributed by atoms with E-state index >= 15 is 0 Å². The summed E-state index contributed by atoms with van der Waals surface area (Å²) in [5.74, 6) is 0.0188. The molecule has 0 aromatic carbocycles. The number of amides is 2. The highest BCUT2D eigenvalue weighted by Crippen LogP contribution is 2.20. The van der Waals surface area contributed by atoms with Crippen LogP contribution in [0.15, 0.2) is 0 Å². The van der Waals surface area contributed by atoms with E-state index in [1.165, 1.54) is 0 Å². The van der Waals surface area contributed by atoms with Crippen molar-refractivity contribution < 1.29 is 9.59 Å². The zero-order valence-corrected chi connectivity index (χ0v) is 10.2. The molecule has 2 aliphatic heterocycles. The fourth-order valence-corrected chi connectivity index (χ4v) is 2.27. The molecule has 92 valence electrons. The highest BCUT2D eigenvalue weighted by Gasteiger charge is 2.36. The lowest BCUT2D eigenvalue weighted by molar-refractivity contribution is -0.134. The van der Waals surface area contributed by atoms with Crippen molar-refractivity contribution in [3.63, 3.8) is 0 Å². The number of likely N-dealkylation sites (tertiary alicyclic amines) is 2. The number of carbonyl (C=O) groups is 2. The average Bonchev–Trinajstić information content (AvgIpc) is 2.74. The highest BCUT2D eigenvalue weighted by atomic mass is 35.5. The smallest absolute Gasteiger partial charge is 0.228 e. The summed E-state index contributed by atoms with van der Waals surface area (Å²) in [7, 11) is 1.74. The summed E-state index contributed by atoms with van der Waals surface area (Å²) in [5.41, 5.74) is 5.74. The van der Waals surface area contributed by atoms with Gasteiger partial charge in [0, 0.05) is 39.1 Å². The van der Waals surface area contributed by atoms with E-state index in [-0.39, 0.29) is 36.2 Å². The fourth-order valence-electron chi connectivity index (χ4n) is 2.27. The van der Waals surface area contributed by atoms with E-state index < -0.39 is 0 Å². The quantitative estimate of drug-likeness (QED) is 0.676. The van der Waals surface area contributed by atoms with Crippen molar-refractivity contribution in [3.8, 4) is 0 Å². The Morgan fingerprint density at radius 3 is 2.56 bits per heavy atom. The molecule has 5 nitrogen and oxygen atoms in total. The van der Waals surface area contributed by atoms with Crippen LogP contribution >= 0.6 is 12.4 Å². The Hall–Kier alpha value is -0.810. The summed E-state index contributed by atoms with van der Waals surface area (Å²) >= 11 is 0. The van der Waals surface area contributed by atoms with Gasteiger partial charge in [0.1, 0.15) is 0 Å². The van der Waals surface area contributed by atoms with Gasteiger partial charge in [-0.25, -0.2) is 0 Å². The van der Waals surface area contributed by atoms with E-state index in [0.29, 0.717) is 19.5 Å². The molecule has 2 atom stereocenters. The van der Waals surface area contributed by atoms with Crippen LogP contribution in [0.5, 0.6) is 0 Å². The standard InChI is InChI=1S/C10H17N3O2.ClH/c1-12-5-7(4-9(12)14)10(15)13-3-2-8(11)6-13;/h7-8H,2-6,11H2,1H3;1H/t7?,8-;/m0./s1. The van der Waals surface area contributed by atoms with Crippen LogP contribution in [-0.4, -0.2) is 54.3 Å².